The van der Waals surface area contributed by atoms with Crippen LogP contribution in [0.25, 0.3) is 0 Å². The number of piperidine rings is 1. The number of halogens is 1. The average molecular weight is 440 g/mol. The summed E-state index contributed by atoms with van der Waals surface area (Å²) in [6.45, 7) is 4.45. The highest BCUT2D eigenvalue weighted by atomic mass is 35.5. The largest absolute Gasteiger partial charge is 0.325 e. The molecule has 3 nitrogen and oxygen atoms in total. The summed E-state index contributed by atoms with van der Waals surface area (Å²) in [5.41, 5.74) is 3.11. The summed E-state index contributed by atoms with van der Waals surface area (Å²) in [7, 11) is 0. The fourth-order valence-corrected chi connectivity index (χ4v) is 5.56. The van der Waals surface area contributed by atoms with Gasteiger partial charge in [0, 0.05) is 26.6 Å². The number of anilines is 1. The van der Waals surface area contributed by atoms with Crippen LogP contribution in [0.15, 0.2) is 60.7 Å². The second-order valence-electron chi connectivity index (χ2n) is 7.88. The van der Waals surface area contributed by atoms with Gasteiger partial charge >= 0.3 is 0 Å². The summed E-state index contributed by atoms with van der Waals surface area (Å²) >= 11 is 8.07. The Balaban J connectivity index is 1.74. The van der Waals surface area contributed by atoms with Crippen molar-refractivity contribution in [1.82, 2.24) is 0 Å². The number of thiophene rings is 1. The summed E-state index contributed by atoms with van der Waals surface area (Å²) in [6.07, 6.45) is 4.73. The second-order valence-corrected chi connectivity index (χ2v) is 9.45. The quantitative estimate of drug-likeness (QED) is 0.531. The van der Waals surface area contributed by atoms with Crippen LogP contribution in [-0.2, 0) is 6.42 Å². The Bertz CT molecular complexity index is 995. The van der Waals surface area contributed by atoms with E-state index < -0.39 is 0 Å². The Labute approximate surface area is 187 Å². The van der Waals surface area contributed by atoms with Crippen LogP contribution < -0.4 is 10.2 Å². The first-order valence-electron chi connectivity index (χ1n) is 10.7. The fraction of sp³-hybridized carbons (Fsp3) is 0.320. The van der Waals surface area contributed by atoms with Gasteiger partial charge in [-0.05, 0) is 56.0 Å². The maximum atomic E-state index is 12.9. The molecule has 1 amide bonds. The van der Waals surface area contributed by atoms with Gasteiger partial charge in [0.05, 0.1) is 13.1 Å². The van der Waals surface area contributed by atoms with Gasteiger partial charge in [-0.2, -0.15) is 0 Å². The van der Waals surface area contributed by atoms with E-state index in [2.05, 4.69) is 30.4 Å². The third kappa shape index (κ3) is 4.77. The van der Waals surface area contributed by atoms with E-state index in [4.69, 9.17) is 11.6 Å². The molecule has 156 valence electrons. The van der Waals surface area contributed by atoms with Gasteiger partial charge in [-0.25, -0.2) is 0 Å². The van der Waals surface area contributed by atoms with Crippen molar-refractivity contribution in [2.45, 2.75) is 38.6 Å². The Hall–Kier alpha value is -2.14. The molecule has 1 aromatic heterocycles. The first-order valence-corrected chi connectivity index (χ1v) is 11.9. The molecule has 2 heterocycles. The average Bonchev–Trinajstić information content (AvgIpc) is 3.18. The minimum Gasteiger partial charge on any atom is -0.325 e. The van der Waals surface area contributed by atoms with E-state index >= 15 is 0 Å². The zero-order valence-corrected chi connectivity index (χ0v) is 18.9. The summed E-state index contributed by atoms with van der Waals surface area (Å²) in [6, 6.07) is 20.1. The van der Waals surface area contributed by atoms with Gasteiger partial charge < -0.3 is 10.2 Å². The van der Waals surface area contributed by atoms with Gasteiger partial charge in [0.25, 0.3) is 5.91 Å². The highest BCUT2D eigenvalue weighted by molar-refractivity contribution is 7.16. The second kappa shape index (κ2) is 9.78. The maximum absolute atomic E-state index is 12.9. The van der Waals surface area contributed by atoms with Crippen LogP contribution in [0.4, 0.5) is 5.00 Å². The predicted molar refractivity (Wildman–Crippen MR) is 126 cm³/mol. The van der Waals surface area contributed by atoms with Crippen molar-refractivity contribution in [2.75, 3.05) is 18.4 Å². The molecular weight excluding hydrogens is 412 g/mol. The van der Waals surface area contributed by atoms with E-state index in [-0.39, 0.29) is 11.9 Å². The normalized spacial score (nSPS) is 15.7. The predicted octanol–water partition coefficient (Wildman–Crippen LogP) is 5.37. The summed E-state index contributed by atoms with van der Waals surface area (Å²) in [5, 5.41) is 4.94. The number of aryl methyl sites for hydroxylation is 1. The number of hydrogen-bond acceptors (Lipinski definition) is 2. The van der Waals surface area contributed by atoms with Gasteiger partial charge in [0.2, 0.25) is 0 Å². The first kappa shape index (κ1) is 21.1. The van der Waals surface area contributed by atoms with Crippen LogP contribution >= 0.6 is 22.9 Å². The number of benzene rings is 2. The smallest absolute Gasteiger partial charge is 0.256 e. The maximum Gasteiger partial charge on any atom is 0.256 e. The molecule has 1 saturated heterocycles. The Morgan fingerprint density at radius 1 is 1.07 bits per heavy atom. The summed E-state index contributed by atoms with van der Waals surface area (Å²) in [4.78, 5) is 15.8. The van der Waals surface area contributed by atoms with Crippen LogP contribution in [0, 0.1) is 0 Å². The van der Waals surface area contributed by atoms with Crippen LogP contribution in [0.5, 0.6) is 0 Å². The number of carbonyl (C=O) groups is 1. The van der Waals surface area contributed by atoms with Gasteiger partial charge in [0.1, 0.15) is 11.0 Å². The molecule has 0 unspecified atom stereocenters. The minimum absolute atomic E-state index is 0.0557. The van der Waals surface area contributed by atoms with Crippen molar-refractivity contribution >= 4 is 33.8 Å². The van der Waals surface area contributed by atoms with Gasteiger partial charge in [-0.15, -0.1) is 11.3 Å². The van der Waals surface area contributed by atoms with E-state index in [1.807, 2.05) is 42.5 Å². The summed E-state index contributed by atoms with van der Waals surface area (Å²) in [5.74, 6) is -0.0557. The number of amides is 1. The lowest BCUT2D eigenvalue weighted by molar-refractivity contribution is -0.930. The molecule has 4 rings (SSSR count). The van der Waals surface area contributed by atoms with Gasteiger partial charge in [-0.3, -0.25) is 4.79 Å². The highest BCUT2D eigenvalue weighted by Crippen LogP contribution is 2.36. The van der Waals surface area contributed by atoms with Crippen molar-refractivity contribution in [1.29, 1.82) is 0 Å². The third-order valence-electron chi connectivity index (χ3n) is 5.82. The minimum atomic E-state index is -0.0557. The molecule has 0 aliphatic carbocycles. The monoisotopic (exact) mass is 439 g/mol. The van der Waals surface area contributed by atoms with E-state index in [0.717, 1.165) is 29.5 Å². The molecule has 1 aliphatic heterocycles. The SMILES string of the molecule is CCc1cc([C@@H](c2cccc(Cl)c2)[NH+]2CCCCC2)c(NC(=O)c2ccccc2)s1. The highest BCUT2D eigenvalue weighted by Gasteiger charge is 2.31. The zero-order chi connectivity index (χ0) is 20.9. The standard InChI is InChI=1S/C25H27ClN2OS/c1-2-21-17-22(25(30-21)27-24(29)18-10-5-3-6-11-18)23(28-14-7-4-8-15-28)19-12-9-13-20(26)16-19/h3,5-6,9-13,16-17,23H,2,4,7-8,14-15H2,1H3,(H,27,29)/p+1/t23-/m1/s1. The number of hydrogen-bond donors (Lipinski definition) is 2. The number of nitrogens with one attached hydrogen (secondary N) is 2. The number of likely N-dealkylation sites (tertiary alicyclic amines) is 1. The van der Waals surface area contributed by atoms with Crippen LogP contribution in [0.3, 0.4) is 0 Å². The van der Waals surface area contributed by atoms with Crippen LogP contribution in [0.2, 0.25) is 5.02 Å². The lowest BCUT2D eigenvalue weighted by atomic mass is 9.95. The molecular formula is C25H28ClN2OS+. The van der Waals surface area contributed by atoms with E-state index in [9.17, 15) is 4.79 Å². The third-order valence-corrected chi connectivity index (χ3v) is 7.27. The molecule has 1 aliphatic rings. The molecule has 0 spiro atoms. The van der Waals surface area contributed by atoms with Crippen LogP contribution in [0.1, 0.15) is 58.6 Å². The Morgan fingerprint density at radius 3 is 2.53 bits per heavy atom. The van der Waals surface area contributed by atoms with E-state index in [1.165, 1.54) is 35.3 Å². The first-order chi connectivity index (χ1) is 14.7. The summed E-state index contributed by atoms with van der Waals surface area (Å²) < 4.78 is 0. The molecule has 2 N–H and O–H groups in total. The van der Waals surface area contributed by atoms with Crippen molar-refractivity contribution < 1.29 is 9.69 Å². The van der Waals surface area contributed by atoms with E-state index in [1.54, 1.807) is 16.2 Å². The van der Waals surface area contributed by atoms with Crippen molar-refractivity contribution in [3.05, 3.63) is 87.3 Å². The Kier molecular flexibility index (Phi) is 6.88. The van der Waals surface area contributed by atoms with E-state index in [0.29, 0.717) is 5.56 Å². The topological polar surface area (TPSA) is 33.5 Å². The molecule has 3 aromatic rings. The molecule has 1 fully saturated rings. The lowest BCUT2D eigenvalue weighted by Gasteiger charge is -2.32. The van der Waals surface area contributed by atoms with Gasteiger partial charge in [0.15, 0.2) is 0 Å². The molecule has 0 bridgehead atoms. The fourth-order valence-electron chi connectivity index (χ4n) is 4.33. The molecule has 0 saturated carbocycles. The number of quaternary nitrogens is 1. The molecule has 0 radical (unpaired) electrons. The van der Waals surface area contributed by atoms with Crippen molar-refractivity contribution in [3.63, 3.8) is 0 Å². The van der Waals surface area contributed by atoms with Crippen LogP contribution in [-0.4, -0.2) is 19.0 Å². The molecule has 2 aromatic carbocycles. The Morgan fingerprint density at radius 2 is 1.83 bits per heavy atom. The zero-order valence-electron chi connectivity index (χ0n) is 17.3. The molecule has 30 heavy (non-hydrogen) atoms. The number of rotatable bonds is 6. The molecule has 5 heteroatoms. The van der Waals surface area contributed by atoms with Crippen molar-refractivity contribution in [2.24, 2.45) is 0 Å². The van der Waals surface area contributed by atoms with Crippen molar-refractivity contribution in [3.8, 4) is 0 Å². The number of carbonyl (C=O) groups excluding carboxylic acids is 1. The van der Waals surface area contributed by atoms with Gasteiger partial charge in [-0.1, -0.05) is 48.9 Å². The lowest BCUT2D eigenvalue weighted by Crippen LogP contribution is -3.13. The molecule has 1 atom stereocenters.